The van der Waals surface area contributed by atoms with Gasteiger partial charge in [0.25, 0.3) is 0 Å². The van der Waals surface area contributed by atoms with Crippen molar-refractivity contribution in [1.82, 2.24) is 4.90 Å². The molecule has 0 N–H and O–H groups in total. The quantitative estimate of drug-likeness (QED) is 0.554. The summed E-state index contributed by atoms with van der Waals surface area (Å²) in [6.07, 6.45) is 8.24. The second-order valence-corrected chi connectivity index (χ2v) is 2.86. The van der Waals surface area contributed by atoms with Crippen molar-refractivity contribution in [3.63, 3.8) is 0 Å². The third-order valence-electron chi connectivity index (χ3n) is 2.28. The number of hydrogen-bond acceptors (Lipinski definition) is 2. The highest BCUT2D eigenvalue weighted by Gasteiger charge is 2.18. The highest BCUT2D eigenvalue weighted by atomic mass is 15.2. The van der Waals surface area contributed by atoms with Crippen LogP contribution in [-0.4, -0.2) is 17.7 Å². The molecule has 0 atom stereocenters. The Bertz CT molecular complexity index is 248. The standard InChI is InChI=1S/C9H12N2/c1-2-8-3-5-11-6-4-10-7-9(8)11/h4,6-7H,2-3,5H2,1H3. The lowest BCUT2D eigenvalue weighted by atomic mass is 10.1. The lowest BCUT2D eigenvalue weighted by Gasteiger charge is -2.16. The van der Waals surface area contributed by atoms with Crippen LogP contribution in [0.15, 0.2) is 28.7 Å². The van der Waals surface area contributed by atoms with Crippen molar-refractivity contribution in [2.24, 2.45) is 4.99 Å². The Hall–Kier alpha value is -1.05. The number of rotatable bonds is 1. The summed E-state index contributed by atoms with van der Waals surface area (Å²) in [5.41, 5.74) is 2.87. The van der Waals surface area contributed by atoms with Gasteiger partial charge in [-0.1, -0.05) is 6.92 Å². The van der Waals surface area contributed by atoms with E-state index in [-0.39, 0.29) is 0 Å². The van der Waals surface area contributed by atoms with Gasteiger partial charge in [0.1, 0.15) is 0 Å². The van der Waals surface area contributed by atoms with Crippen LogP contribution in [0.5, 0.6) is 0 Å². The van der Waals surface area contributed by atoms with Crippen LogP contribution in [0.3, 0.4) is 0 Å². The molecule has 0 saturated carbocycles. The average molecular weight is 148 g/mol. The fourth-order valence-corrected chi connectivity index (χ4v) is 1.62. The van der Waals surface area contributed by atoms with Gasteiger partial charge < -0.3 is 4.90 Å². The van der Waals surface area contributed by atoms with Crippen molar-refractivity contribution in [2.75, 3.05) is 6.54 Å². The van der Waals surface area contributed by atoms with Crippen LogP contribution in [0.4, 0.5) is 0 Å². The minimum atomic E-state index is 1.14. The normalized spacial score (nSPS) is 21.4. The molecule has 0 bridgehead atoms. The van der Waals surface area contributed by atoms with E-state index in [1.54, 1.807) is 0 Å². The number of fused-ring (bicyclic) bond motifs is 1. The molecule has 2 heteroatoms. The summed E-state index contributed by atoms with van der Waals surface area (Å²) in [7, 11) is 0. The van der Waals surface area contributed by atoms with Crippen molar-refractivity contribution in [2.45, 2.75) is 19.8 Å². The lowest BCUT2D eigenvalue weighted by molar-refractivity contribution is 0.527. The molecular formula is C9H12N2. The number of nitrogens with zero attached hydrogens (tertiary/aromatic N) is 2. The van der Waals surface area contributed by atoms with Crippen LogP contribution in [0, 0.1) is 0 Å². The van der Waals surface area contributed by atoms with Gasteiger partial charge >= 0.3 is 0 Å². The molecule has 0 spiro atoms. The van der Waals surface area contributed by atoms with Crippen molar-refractivity contribution in [1.29, 1.82) is 0 Å². The van der Waals surface area contributed by atoms with Crippen molar-refractivity contribution < 1.29 is 0 Å². The van der Waals surface area contributed by atoms with Gasteiger partial charge in [0.15, 0.2) is 0 Å². The van der Waals surface area contributed by atoms with Crippen LogP contribution >= 0.6 is 0 Å². The van der Waals surface area contributed by atoms with Gasteiger partial charge in [-0.15, -0.1) is 0 Å². The predicted octanol–water partition coefficient (Wildman–Crippen LogP) is 1.91. The Morgan fingerprint density at radius 2 is 2.55 bits per heavy atom. The van der Waals surface area contributed by atoms with Crippen LogP contribution < -0.4 is 0 Å². The van der Waals surface area contributed by atoms with E-state index in [2.05, 4.69) is 23.0 Å². The van der Waals surface area contributed by atoms with Gasteiger partial charge in [0, 0.05) is 18.9 Å². The van der Waals surface area contributed by atoms with Gasteiger partial charge in [-0.3, -0.25) is 4.99 Å². The summed E-state index contributed by atoms with van der Waals surface area (Å²) >= 11 is 0. The van der Waals surface area contributed by atoms with E-state index in [4.69, 9.17) is 0 Å². The molecule has 0 aliphatic carbocycles. The molecule has 0 fully saturated rings. The van der Waals surface area contributed by atoms with E-state index in [9.17, 15) is 0 Å². The molecule has 0 amide bonds. The van der Waals surface area contributed by atoms with Crippen molar-refractivity contribution in [3.05, 3.63) is 23.7 Å². The van der Waals surface area contributed by atoms with Crippen molar-refractivity contribution >= 4 is 6.21 Å². The molecule has 0 saturated heterocycles. The predicted molar refractivity (Wildman–Crippen MR) is 46.3 cm³/mol. The zero-order valence-electron chi connectivity index (χ0n) is 6.75. The van der Waals surface area contributed by atoms with E-state index >= 15 is 0 Å². The smallest absolute Gasteiger partial charge is 0.0585 e. The van der Waals surface area contributed by atoms with Gasteiger partial charge in [-0.05, 0) is 18.4 Å². The molecule has 11 heavy (non-hydrogen) atoms. The maximum Gasteiger partial charge on any atom is 0.0585 e. The Balaban J connectivity index is 2.33. The molecule has 2 aliphatic heterocycles. The Labute approximate surface area is 66.9 Å². The Morgan fingerprint density at radius 3 is 3.36 bits per heavy atom. The fourth-order valence-electron chi connectivity index (χ4n) is 1.62. The summed E-state index contributed by atoms with van der Waals surface area (Å²) in [4.78, 5) is 6.38. The number of allylic oxidation sites excluding steroid dienone is 1. The van der Waals surface area contributed by atoms with E-state index in [1.165, 1.54) is 17.7 Å². The SMILES string of the molecule is CCC1=C2C=NC=CN2CC1. The molecule has 58 valence electrons. The monoisotopic (exact) mass is 148 g/mol. The fraction of sp³-hybridized carbons (Fsp3) is 0.444. The minimum Gasteiger partial charge on any atom is -0.345 e. The first-order valence-corrected chi connectivity index (χ1v) is 4.10. The highest BCUT2D eigenvalue weighted by Crippen LogP contribution is 2.25. The summed E-state index contributed by atoms with van der Waals surface area (Å²) in [6.45, 7) is 3.35. The molecule has 2 nitrogen and oxygen atoms in total. The minimum absolute atomic E-state index is 1.14. The van der Waals surface area contributed by atoms with Gasteiger partial charge in [0.05, 0.1) is 11.9 Å². The van der Waals surface area contributed by atoms with E-state index in [0.29, 0.717) is 0 Å². The molecule has 0 aromatic heterocycles. The van der Waals surface area contributed by atoms with E-state index < -0.39 is 0 Å². The maximum absolute atomic E-state index is 4.11. The van der Waals surface area contributed by atoms with Crippen LogP contribution in [0.2, 0.25) is 0 Å². The zero-order chi connectivity index (χ0) is 7.68. The van der Waals surface area contributed by atoms with Crippen molar-refractivity contribution in [3.8, 4) is 0 Å². The van der Waals surface area contributed by atoms with E-state index in [1.807, 2.05) is 12.4 Å². The summed E-state index contributed by atoms with van der Waals surface area (Å²) in [6, 6.07) is 0. The number of aliphatic imine (C=N–C) groups is 1. The van der Waals surface area contributed by atoms with Crippen LogP contribution in [-0.2, 0) is 0 Å². The molecule has 0 radical (unpaired) electrons. The molecule has 0 unspecified atom stereocenters. The van der Waals surface area contributed by atoms with Gasteiger partial charge in [0.2, 0.25) is 0 Å². The van der Waals surface area contributed by atoms with Crippen LogP contribution in [0.25, 0.3) is 0 Å². The summed E-state index contributed by atoms with van der Waals surface area (Å²) in [5.74, 6) is 0. The Morgan fingerprint density at radius 1 is 1.64 bits per heavy atom. The lowest BCUT2D eigenvalue weighted by Crippen LogP contribution is -2.14. The average Bonchev–Trinajstić information content (AvgIpc) is 2.47. The molecule has 2 aliphatic rings. The topological polar surface area (TPSA) is 15.6 Å². The molecule has 2 rings (SSSR count). The molecule has 2 heterocycles. The van der Waals surface area contributed by atoms with Gasteiger partial charge in [-0.2, -0.15) is 0 Å². The highest BCUT2D eigenvalue weighted by molar-refractivity contribution is 5.81. The van der Waals surface area contributed by atoms with Gasteiger partial charge in [-0.25, -0.2) is 0 Å². The molecule has 0 aromatic carbocycles. The van der Waals surface area contributed by atoms with Crippen LogP contribution in [0.1, 0.15) is 19.8 Å². The molecule has 0 aromatic rings. The maximum atomic E-state index is 4.11. The first kappa shape index (κ1) is 6.65. The number of hydrogen-bond donors (Lipinski definition) is 0. The zero-order valence-corrected chi connectivity index (χ0v) is 6.75. The first-order valence-electron chi connectivity index (χ1n) is 4.10. The second kappa shape index (κ2) is 2.53. The summed E-state index contributed by atoms with van der Waals surface area (Å²) in [5, 5.41) is 0. The largest absolute Gasteiger partial charge is 0.345 e. The second-order valence-electron chi connectivity index (χ2n) is 2.86. The van der Waals surface area contributed by atoms with E-state index in [0.717, 1.165) is 13.0 Å². The molecular weight excluding hydrogens is 136 g/mol. The Kier molecular flexibility index (Phi) is 1.53. The third kappa shape index (κ3) is 0.985. The summed E-state index contributed by atoms with van der Waals surface area (Å²) < 4.78 is 0. The first-order chi connectivity index (χ1) is 5.42. The third-order valence-corrected chi connectivity index (χ3v) is 2.28.